The van der Waals surface area contributed by atoms with Gasteiger partial charge in [0.1, 0.15) is 5.03 Å². The molecule has 23 heavy (non-hydrogen) atoms. The smallest absolute Gasteiger partial charge is 0.256 e. The van der Waals surface area contributed by atoms with Gasteiger partial charge in [0.2, 0.25) is 0 Å². The summed E-state index contributed by atoms with van der Waals surface area (Å²) in [6.45, 7) is 5.94. The first-order chi connectivity index (χ1) is 11.1. The summed E-state index contributed by atoms with van der Waals surface area (Å²) < 4.78 is 0. The third-order valence-electron chi connectivity index (χ3n) is 4.34. The Morgan fingerprint density at radius 1 is 1.09 bits per heavy atom. The van der Waals surface area contributed by atoms with Gasteiger partial charge in [-0.3, -0.25) is 4.79 Å². The average Bonchev–Trinajstić information content (AvgIpc) is 2.59. The minimum atomic E-state index is 0.115. The first-order valence-corrected chi connectivity index (χ1v) is 8.96. The highest BCUT2D eigenvalue weighted by atomic mass is 32.2. The zero-order chi connectivity index (χ0) is 16.2. The van der Waals surface area contributed by atoms with E-state index >= 15 is 0 Å². The maximum atomic E-state index is 12.8. The Morgan fingerprint density at radius 3 is 2.61 bits per heavy atom. The molecule has 4 heteroatoms. The van der Waals surface area contributed by atoms with Crippen molar-refractivity contribution in [3.05, 3.63) is 53.2 Å². The van der Waals surface area contributed by atoms with Crippen LogP contribution in [0.25, 0.3) is 0 Å². The lowest BCUT2D eigenvalue weighted by molar-refractivity contribution is 0.0720. The molecule has 0 unspecified atom stereocenters. The maximum absolute atomic E-state index is 12.8. The van der Waals surface area contributed by atoms with E-state index in [9.17, 15) is 4.79 Å². The molecule has 120 valence electrons. The normalized spacial score (nSPS) is 14.8. The molecule has 0 N–H and O–H groups in total. The van der Waals surface area contributed by atoms with Crippen molar-refractivity contribution >= 4 is 17.7 Å². The average molecular weight is 326 g/mol. The Labute approximate surface area is 142 Å². The van der Waals surface area contributed by atoms with E-state index in [0.717, 1.165) is 41.4 Å². The number of piperidine rings is 1. The third kappa shape index (κ3) is 3.75. The first-order valence-electron chi connectivity index (χ1n) is 8.14. The van der Waals surface area contributed by atoms with Crippen molar-refractivity contribution in [2.45, 2.75) is 43.0 Å². The lowest BCUT2D eigenvalue weighted by Gasteiger charge is -2.27. The Morgan fingerprint density at radius 2 is 1.87 bits per heavy atom. The van der Waals surface area contributed by atoms with Gasteiger partial charge in [0.15, 0.2) is 0 Å². The highest BCUT2D eigenvalue weighted by Gasteiger charge is 2.21. The van der Waals surface area contributed by atoms with Crippen LogP contribution in [0.3, 0.4) is 0 Å². The van der Waals surface area contributed by atoms with Crippen LogP contribution in [-0.2, 0) is 0 Å². The van der Waals surface area contributed by atoms with Crippen molar-refractivity contribution in [2.75, 3.05) is 13.1 Å². The fourth-order valence-electron chi connectivity index (χ4n) is 2.79. The number of aryl methyl sites for hydroxylation is 2. The van der Waals surface area contributed by atoms with Gasteiger partial charge in [-0.1, -0.05) is 17.8 Å². The molecular formula is C19H22N2OS. The van der Waals surface area contributed by atoms with Crippen LogP contribution in [-0.4, -0.2) is 28.9 Å². The highest BCUT2D eigenvalue weighted by Crippen LogP contribution is 2.30. The van der Waals surface area contributed by atoms with E-state index < -0.39 is 0 Å². The number of aromatic nitrogens is 1. The number of likely N-dealkylation sites (tertiary alicyclic amines) is 1. The minimum Gasteiger partial charge on any atom is -0.339 e. The molecule has 2 heterocycles. The predicted molar refractivity (Wildman–Crippen MR) is 94.0 cm³/mol. The van der Waals surface area contributed by atoms with Crippen LogP contribution in [0.5, 0.6) is 0 Å². The van der Waals surface area contributed by atoms with Crippen molar-refractivity contribution in [3.8, 4) is 0 Å². The fraction of sp³-hybridized carbons (Fsp3) is 0.368. The van der Waals surface area contributed by atoms with Crippen LogP contribution in [0.4, 0.5) is 0 Å². The number of pyridine rings is 1. The van der Waals surface area contributed by atoms with Crippen LogP contribution in [0.2, 0.25) is 0 Å². The second-order valence-electron chi connectivity index (χ2n) is 6.06. The summed E-state index contributed by atoms with van der Waals surface area (Å²) in [4.78, 5) is 20.3. The largest absolute Gasteiger partial charge is 0.339 e. The van der Waals surface area contributed by atoms with E-state index in [1.165, 1.54) is 17.5 Å². The lowest BCUT2D eigenvalue weighted by Crippen LogP contribution is -2.35. The number of hydrogen-bond donors (Lipinski definition) is 0. The topological polar surface area (TPSA) is 33.2 Å². The lowest BCUT2D eigenvalue weighted by atomic mass is 10.1. The molecule has 2 aromatic rings. The minimum absolute atomic E-state index is 0.115. The molecular weight excluding hydrogens is 304 g/mol. The van der Waals surface area contributed by atoms with Gasteiger partial charge in [-0.15, -0.1) is 0 Å². The molecule has 1 aromatic heterocycles. The van der Waals surface area contributed by atoms with E-state index in [1.54, 1.807) is 18.0 Å². The van der Waals surface area contributed by atoms with Crippen LogP contribution < -0.4 is 0 Å². The van der Waals surface area contributed by atoms with Crippen LogP contribution >= 0.6 is 11.8 Å². The SMILES string of the molecule is Cc1ccc(Sc2ncccc2C(=O)N2CCCCC2)cc1C. The number of carbonyl (C=O) groups excluding carboxylic acids is 1. The summed E-state index contributed by atoms with van der Waals surface area (Å²) in [5.41, 5.74) is 3.26. The van der Waals surface area contributed by atoms with Crippen LogP contribution in [0, 0.1) is 13.8 Å². The van der Waals surface area contributed by atoms with Crippen molar-refractivity contribution in [2.24, 2.45) is 0 Å². The number of benzene rings is 1. The van der Waals surface area contributed by atoms with Crippen molar-refractivity contribution in [1.82, 2.24) is 9.88 Å². The second kappa shape index (κ2) is 7.18. The molecule has 0 bridgehead atoms. The molecule has 0 saturated carbocycles. The van der Waals surface area contributed by atoms with Gasteiger partial charge in [-0.2, -0.15) is 0 Å². The first kappa shape index (κ1) is 16.1. The Kier molecular flexibility index (Phi) is 5.01. The maximum Gasteiger partial charge on any atom is 0.256 e. The molecule has 0 atom stereocenters. The van der Waals surface area contributed by atoms with Gasteiger partial charge in [-0.25, -0.2) is 4.98 Å². The highest BCUT2D eigenvalue weighted by molar-refractivity contribution is 7.99. The molecule has 1 aromatic carbocycles. The van der Waals surface area contributed by atoms with Gasteiger partial charge in [0.25, 0.3) is 5.91 Å². The molecule has 0 aliphatic carbocycles. The molecule has 1 aliphatic rings. The van der Waals surface area contributed by atoms with Gasteiger partial charge in [0, 0.05) is 24.2 Å². The zero-order valence-electron chi connectivity index (χ0n) is 13.7. The quantitative estimate of drug-likeness (QED) is 0.834. The molecule has 0 radical (unpaired) electrons. The van der Waals surface area contributed by atoms with Crippen molar-refractivity contribution in [1.29, 1.82) is 0 Å². The van der Waals surface area contributed by atoms with Crippen molar-refractivity contribution in [3.63, 3.8) is 0 Å². The molecule has 3 rings (SSSR count). The molecule has 1 saturated heterocycles. The number of amides is 1. The molecule has 1 aliphatic heterocycles. The van der Waals surface area contributed by atoms with Crippen LogP contribution in [0.1, 0.15) is 40.7 Å². The zero-order valence-corrected chi connectivity index (χ0v) is 14.5. The fourth-order valence-corrected chi connectivity index (χ4v) is 3.77. The third-order valence-corrected chi connectivity index (χ3v) is 5.35. The number of rotatable bonds is 3. The van der Waals surface area contributed by atoms with E-state index in [2.05, 4.69) is 37.0 Å². The Balaban J connectivity index is 1.85. The standard InChI is InChI=1S/C19H22N2OS/c1-14-8-9-16(13-15(14)2)23-18-17(7-6-10-20-18)19(22)21-11-4-3-5-12-21/h6-10,13H,3-5,11-12H2,1-2H3. The monoisotopic (exact) mass is 326 g/mol. The second-order valence-corrected chi connectivity index (χ2v) is 7.12. The Bertz CT molecular complexity index is 708. The van der Waals surface area contributed by atoms with E-state index in [1.807, 2.05) is 17.0 Å². The summed E-state index contributed by atoms with van der Waals surface area (Å²) in [5, 5.41) is 0.798. The molecule has 0 spiro atoms. The molecule has 1 amide bonds. The van der Waals surface area contributed by atoms with Crippen LogP contribution in [0.15, 0.2) is 46.5 Å². The predicted octanol–water partition coefficient (Wildman–Crippen LogP) is 4.48. The molecule has 3 nitrogen and oxygen atoms in total. The van der Waals surface area contributed by atoms with E-state index in [0.29, 0.717) is 0 Å². The number of nitrogens with zero attached hydrogens (tertiary/aromatic N) is 2. The summed E-state index contributed by atoms with van der Waals surface area (Å²) in [5.74, 6) is 0.115. The molecule has 1 fully saturated rings. The van der Waals surface area contributed by atoms with Crippen molar-refractivity contribution < 1.29 is 4.79 Å². The summed E-state index contributed by atoms with van der Waals surface area (Å²) in [6.07, 6.45) is 5.19. The summed E-state index contributed by atoms with van der Waals surface area (Å²) in [6, 6.07) is 10.1. The summed E-state index contributed by atoms with van der Waals surface area (Å²) >= 11 is 1.57. The van der Waals surface area contributed by atoms with E-state index in [-0.39, 0.29) is 5.91 Å². The van der Waals surface area contributed by atoms with Gasteiger partial charge in [-0.05, 0) is 68.5 Å². The van der Waals surface area contributed by atoms with Gasteiger partial charge in [0.05, 0.1) is 5.56 Å². The van der Waals surface area contributed by atoms with Gasteiger partial charge < -0.3 is 4.90 Å². The van der Waals surface area contributed by atoms with E-state index in [4.69, 9.17) is 0 Å². The number of hydrogen-bond acceptors (Lipinski definition) is 3. The van der Waals surface area contributed by atoms with Gasteiger partial charge >= 0.3 is 0 Å². The summed E-state index contributed by atoms with van der Waals surface area (Å²) in [7, 11) is 0. The Hall–Kier alpha value is -1.81. The number of carbonyl (C=O) groups is 1.